The third-order valence-electron chi connectivity index (χ3n) is 7.73. The van der Waals surface area contributed by atoms with Crippen LogP contribution in [0.5, 0.6) is 5.75 Å². The van der Waals surface area contributed by atoms with Crippen LogP contribution in [0.3, 0.4) is 0 Å². The maximum absolute atomic E-state index is 12.7. The number of alkyl halides is 2. The highest BCUT2D eigenvalue weighted by Crippen LogP contribution is 2.43. The van der Waals surface area contributed by atoms with Crippen LogP contribution in [0.25, 0.3) is 0 Å². The fraction of sp³-hybridized carbons (Fsp3) is 0.769. The van der Waals surface area contributed by atoms with E-state index in [-0.39, 0.29) is 5.75 Å². The van der Waals surface area contributed by atoms with E-state index in [4.69, 9.17) is 11.6 Å². The number of unbranched alkanes of at least 4 members (excludes halogenated alkanes) is 2. The Hall–Kier alpha value is -0.830. The third kappa shape index (κ3) is 7.39. The molecule has 2 saturated carbocycles. The van der Waals surface area contributed by atoms with Crippen molar-refractivity contribution in [3.8, 4) is 5.75 Å². The van der Waals surface area contributed by atoms with Gasteiger partial charge in [-0.25, -0.2) is 0 Å². The Labute approximate surface area is 186 Å². The molecule has 1 aromatic rings. The second-order valence-corrected chi connectivity index (χ2v) is 10.2. The summed E-state index contributed by atoms with van der Waals surface area (Å²) in [6, 6.07) is 5.12. The lowest BCUT2D eigenvalue weighted by Crippen LogP contribution is -2.26. The van der Waals surface area contributed by atoms with Crippen LogP contribution in [0.15, 0.2) is 18.2 Å². The molecule has 2 fully saturated rings. The molecule has 0 aliphatic heterocycles. The summed E-state index contributed by atoms with van der Waals surface area (Å²) >= 11 is 5.95. The molecule has 0 radical (unpaired) electrons. The van der Waals surface area contributed by atoms with E-state index in [0.29, 0.717) is 10.9 Å². The molecule has 0 atom stereocenters. The third-order valence-corrected chi connectivity index (χ3v) is 7.97. The van der Waals surface area contributed by atoms with Crippen molar-refractivity contribution < 1.29 is 13.5 Å². The highest BCUT2D eigenvalue weighted by Gasteiger charge is 2.30. The molecular formula is C26H39ClF2O. The molecule has 0 spiro atoms. The first-order valence-corrected chi connectivity index (χ1v) is 12.7. The minimum absolute atomic E-state index is 0.238. The van der Waals surface area contributed by atoms with Gasteiger partial charge in [0.2, 0.25) is 0 Å². The standard InChI is InChI=1S/C26H39ClF2O/c1-2-3-4-5-19-6-11-21(12-7-19)22-13-8-20(9-14-22)10-15-23-16-17-24(27)18-25(23)30-26(28)29/h16-22,26H,2-15H2,1H3. The van der Waals surface area contributed by atoms with Crippen LogP contribution in [0.2, 0.25) is 5.02 Å². The summed E-state index contributed by atoms with van der Waals surface area (Å²) in [6.45, 7) is -0.516. The van der Waals surface area contributed by atoms with Crippen molar-refractivity contribution in [3.05, 3.63) is 28.8 Å². The van der Waals surface area contributed by atoms with E-state index in [1.54, 1.807) is 6.07 Å². The summed E-state index contributed by atoms with van der Waals surface area (Å²) in [4.78, 5) is 0. The lowest BCUT2D eigenvalue weighted by atomic mass is 9.68. The predicted molar refractivity (Wildman–Crippen MR) is 121 cm³/mol. The highest BCUT2D eigenvalue weighted by molar-refractivity contribution is 6.30. The fourth-order valence-corrected chi connectivity index (χ4v) is 6.04. The summed E-state index contributed by atoms with van der Waals surface area (Å²) in [5.41, 5.74) is 0.850. The zero-order valence-electron chi connectivity index (χ0n) is 18.6. The normalized spacial score (nSPS) is 27.4. The van der Waals surface area contributed by atoms with Gasteiger partial charge < -0.3 is 4.74 Å². The molecule has 30 heavy (non-hydrogen) atoms. The Morgan fingerprint density at radius 2 is 1.50 bits per heavy atom. The van der Waals surface area contributed by atoms with E-state index >= 15 is 0 Å². The van der Waals surface area contributed by atoms with Crippen molar-refractivity contribution in [2.75, 3.05) is 0 Å². The van der Waals surface area contributed by atoms with E-state index in [2.05, 4.69) is 11.7 Å². The van der Waals surface area contributed by atoms with E-state index in [0.717, 1.165) is 36.2 Å². The number of benzene rings is 1. The Morgan fingerprint density at radius 1 is 0.900 bits per heavy atom. The molecule has 0 bridgehead atoms. The summed E-state index contributed by atoms with van der Waals surface area (Å²) in [5, 5.41) is 0.440. The van der Waals surface area contributed by atoms with Crippen LogP contribution in [-0.4, -0.2) is 6.61 Å². The molecule has 0 unspecified atom stereocenters. The van der Waals surface area contributed by atoms with E-state index in [9.17, 15) is 8.78 Å². The minimum Gasteiger partial charge on any atom is -0.434 e. The van der Waals surface area contributed by atoms with E-state index in [1.807, 2.05) is 6.07 Å². The summed E-state index contributed by atoms with van der Waals surface area (Å²) in [5.74, 6) is 3.82. The zero-order chi connectivity index (χ0) is 21.3. The van der Waals surface area contributed by atoms with Crippen LogP contribution in [-0.2, 0) is 6.42 Å². The van der Waals surface area contributed by atoms with Crippen molar-refractivity contribution in [2.24, 2.45) is 23.7 Å². The van der Waals surface area contributed by atoms with Crippen LogP contribution in [0, 0.1) is 23.7 Å². The van der Waals surface area contributed by atoms with Crippen LogP contribution in [0.4, 0.5) is 8.78 Å². The predicted octanol–water partition coefficient (Wildman–Crippen LogP) is 9.07. The summed E-state index contributed by atoms with van der Waals surface area (Å²) in [7, 11) is 0. The average molecular weight is 441 g/mol. The average Bonchev–Trinajstić information content (AvgIpc) is 2.74. The quantitative estimate of drug-likeness (QED) is 0.329. The second-order valence-electron chi connectivity index (χ2n) is 9.73. The minimum atomic E-state index is -2.81. The number of aryl methyl sites for hydroxylation is 1. The van der Waals surface area contributed by atoms with Gasteiger partial charge >= 0.3 is 6.61 Å². The first kappa shape index (κ1) is 23.8. The summed E-state index contributed by atoms with van der Waals surface area (Å²) < 4.78 is 30.1. The van der Waals surface area contributed by atoms with Gasteiger partial charge in [-0.2, -0.15) is 8.78 Å². The largest absolute Gasteiger partial charge is 0.434 e. The van der Waals surface area contributed by atoms with Crippen molar-refractivity contribution in [2.45, 2.75) is 103 Å². The van der Waals surface area contributed by atoms with Gasteiger partial charge in [-0.15, -0.1) is 0 Å². The highest BCUT2D eigenvalue weighted by atomic mass is 35.5. The van der Waals surface area contributed by atoms with Crippen LogP contribution in [0.1, 0.15) is 96.0 Å². The van der Waals surface area contributed by atoms with Crippen molar-refractivity contribution in [1.29, 1.82) is 0 Å². The number of hydrogen-bond donors (Lipinski definition) is 0. The maximum Gasteiger partial charge on any atom is 0.387 e. The van der Waals surface area contributed by atoms with E-state index < -0.39 is 6.61 Å². The van der Waals surface area contributed by atoms with Gasteiger partial charge in [0, 0.05) is 5.02 Å². The molecule has 1 nitrogen and oxygen atoms in total. The fourth-order valence-electron chi connectivity index (χ4n) is 5.88. The topological polar surface area (TPSA) is 9.23 Å². The molecule has 0 amide bonds. The van der Waals surface area contributed by atoms with Crippen molar-refractivity contribution in [3.63, 3.8) is 0 Å². The van der Waals surface area contributed by atoms with Gasteiger partial charge in [-0.3, -0.25) is 0 Å². The molecule has 2 aliphatic carbocycles. The van der Waals surface area contributed by atoms with Gasteiger partial charge in [-0.1, -0.05) is 76.0 Å². The number of halogens is 3. The van der Waals surface area contributed by atoms with Gasteiger partial charge in [0.25, 0.3) is 0 Å². The monoisotopic (exact) mass is 440 g/mol. The smallest absolute Gasteiger partial charge is 0.387 e. The Morgan fingerprint density at radius 3 is 2.07 bits per heavy atom. The molecule has 0 N–H and O–H groups in total. The van der Waals surface area contributed by atoms with Crippen molar-refractivity contribution >= 4 is 11.6 Å². The lowest BCUT2D eigenvalue weighted by molar-refractivity contribution is -0.0504. The number of hydrogen-bond acceptors (Lipinski definition) is 1. The molecule has 0 saturated heterocycles. The first-order valence-electron chi connectivity index (χ1n) is 12.3. The maximum atomic E-state index is 12.7. The molecule has 0 aromatic heterocycles. The Balaban J connectivity index is 1.38. The molecule has 4 heteroatoms. The van der Waals surface area contributed by atoms with Crippen LogP contribution < -0.4 is 4.74 Å². The van der Waals surface area contributed by atoms with E-state index in [1.165, 1.54) is 83.1 Å². The second kappa shape index (κ2) is 12.3. The molecule has 170 valence electrons. The SMILES string of the molecule is CCCCCC1CCC(C2CCC(CCc3ccc(Cl)cc3OC(F)F)CC2)CC1. The van der Waals surface area contributed by atoms with Gasteiger partial charge in [0.1, 0.15) is 5.75 Å². The van der Waals surface area contributed by atoms with Gasteiger partial charge in [0.05, 0.1) is 0 Å². The number of ether oxygens (including phenoxy) is 1. The Bertz CT molecular complexity index is 619. The van der Waals surface area contributed by atoms with Crippen molar-refractivity contribution in [1.82, 2.24) is 0 Å². The Kier molecular flexibility index (Phi) is 9.74. The molecule has 3 rings (SSSR count). The number of rotatable bonds is 10. The molecule has 0 heterocycles. The first-order chi connectivity index (χ1) is 14.5. The van der Waals surface area contributed by atoms with Crippen LogP contribution >= 0.6 is 11.6 Å². The lowest BCUT2D eigenvalue weighted by Gasteiger charge is -2.38. The molecular weight excluding hydrogens is 402 g/mol. The summed E-state index contributed by atoms with van der Waals surface area (Å²) in [6.07, 6.45) is 18.6. The molecule has 2 aliphatic rings. The zero-order valence-corrected chi connectivity index (χ0v) is 19.3. The van der Waals surface area contributed by atoms with Gasteiger partial charge in [-0.05, 0) is 79.9 Å². The van der Waals surface area contributed by atoms with Gasteiger partial charge in [0.15, 0.2) is 0 Å². The molecule has 1 aromatic carbocycles.